The SMILES string of the molecule is CCOc1ccc(S(=O)(=O)Nc2cc(C(=O)O)cnc2N2CCC[C@@H](C)C2)cc1. The molecule has 0 amide bonds. The van der Waals surface area contributed by atoms with Gasteiger partial charge in [-0.05, 0) is 56.0 Å². The van der Waals surface area contributed by atoms with Crippen molar-refractivity contribution in [2.24, 2.45) is 5.92 Å². The molecular weight excluding hydrogens is 394 g/mol. The Kier molecular flexibility index (Phi) is 6.26. The average molecular weight is 420 g/mol. The fourth-order valence-electron chi connectivity index (χ4n) is 3.37. The third kappa shape index (κ3) is 4.97. The molecule has 0 aliphatic carbocycles. The van der Waals surface area contributed by atoms with Gasteiger partial charge in [0.25, 0.3) is 10.0 Å². The fraction of sp³-hybridized carbons (Fsp3) is 0.400. The summed E-state index contributed by atoms with van der Waals surface area (Å²) < 4.78 is 33.7. The van der Waals surface area contributed by atoms with Crippen LogP contribution in [0.1, 0.15) is 37.0 Å². The van der Waals surface area contributed by atoms with Crippen molar-refractivity contribution in [2.75, 3.05) is 29.3 Å². The highest BCUT2D eigenvalue weighted by Crippen LogP contribution is 2.30. The van der Waals surface area contributed by atoms with Crippen LogP contribution in [-0.4, -0.2) is 44.2 Å². The van der Waals surface area contributed by atoms with Gasteiger partial charge in [-0.1, -0.05) is 6.92 Å². The Labute approximate surface area is 170 Å². The van der Waals surface area contributed by atoms with E-state index in [9.17, 15) is 18.3 Å². The predicted molar refractivity (Wildman–Crippen MR) is 110 cm³/mol. The lowest BCUT2D eigenvalue weighted by molar-refractivity contribution is 0.0696. The molecule has 9 heteroatoms. The highest BCUT2D eigenvalue weighted by molar-refractivity contribution is 7.92. The smallest absolute Gasteiger partial charge is 0.337 e. The number of nitrogens with zero attached hydrogens (tertiary/aromatic N) is 2. The Morgan fingerprint density at radius 1 is 1.34 bits per heavy atom. The van der Waals surface area contributed by atoms with Crippen molar-refractivity contribution in [3.63, 3.8) is 0 Å². The number of rotatable bonds is 7. The van der Waals surface area contributed by atoms with Crippen LogP contribution in [0.3, 0.4) is 0 Å². The number of nitrogens with one attached hydrogen (secondary N) is 1. The van der Waals surface area contributed by atoms with Gasteiger partial charge in [-0.3, -0.25) is 4.72 Å². The van der Waals surface area contributed by atoms with Crippen molar-refractivity contribution in [3.05, 3.63) is 42.1 Å². The van der Waals surface area contributed by atoms with E-state index >= 15 is 0 Å². The van der Waals surface area contributed by atoms with Gasteiger partial charge in [-0.25, -0.2) is 18.2 Å². The lowest BCUT2D eigenvalue weighted by Gasteiger charge is -2.33. The number of benzene rings is 1. The number of anilines is 2. The first-order chi connectivity index (χ1) is 13.8. The highest BCUT2D eigenvalue weighted by Gasteiger charge is 2.24. The van der Waals surface area contributed by atoms with Crippen molar-refractivity contribution in [2.45, 2.75) is 31.6 Å². The number of hydrogen-bond acceptors (Lipinski definition) is 6. The number of hydrogen-bond donors (Lipinski definition) is 2. The van der Waals surface area contributed by atoms with Crippen LogP contribution in [0.15, 0.2) is 41.4 Å². The number of pyridine rings is 1. The van der Waals surface area contributed by atoms with Gasteiger partial charge in [-0.15, -0.1) is 0 Å². The standard InChI is InChI=1S/C20H25N3O5S/c1-3-28-16-6-8-17(9-7-16)29(26,27)22-18-11-15(20(24)25)12-21-19(18)23-10-4-5-14(2)13-23/h6-9,11-12,14,22H,3-5,10,13H2,1-2H3,(H,24,25)/t14-/m1/s1. The maximum Gasteiger partial charge on any atom is 0.337 e. The van der Waals surface area contributed by atoms with Crippen LogP contribution < -0.4 is 14.4 Å². The lowest BCUT2D eigenvalue weighted by Crippen LogP contribution is -2.35. The number of carboxylic acid groups (broad SMARTS) is 1. The summed E-state index contributed by atoms with van der Waals surface area (Å²) in [6.45, 7) is 5.92. The molecule has 1 saturated heterocycles. The van der Waals surface area contributed by atoms with E-state index in [1.54, 1.807) is 12.1 Å². The van der Waals surface area contributed by atoms with Gasteiger partial charge in [0.2, 0.25) is 0 Å². The van der Waals surface area contributed by atoms with E-state index in [4.69, 9.17) is 4.74 Å². The molecule has 1 aliphatic rings. The first-order valence-electron chi connectivity index (χ1n) is 9.54. The Morgan fingerprint density at radius 2 is 2.07 bits per heavy atom. The number of piperidine rings is 1. The molecule has 156 valence electrons. The summed E-state index contributed by atoms with van der Waals surface area (Å²) in [5.41, 5.74) is 0.0797. The zero-order valence-corrected chi connectivity index (χ0v) is 17.3. The molecule has 2 heterocycles. The molecule has 1 fully saturated rings. The van der Waals surface area contributed by atoms with Gasteiger partial charge >= 0.3 is 5.97 Å². The molecule has 0 bridgehead atoms. The van der Waals surface area contributed by atoms with Gasteiger partial charge in [0.05, 0.1) is 22.8 Å². The van der Waals surface area contributed by atoms with E-state index in [1.165, 1.54) is 24.4 Å². The second-order valence-electron chi connectivity index (χ2n) is 7.10. The van der Waals surface area contributed by atoms with Gasteiger partial charge in [-0.2, -0.15) is 0 Å². The van der Waals surface area contributed by atoms with Crippen molar-refractivity contribution < 1.29 is 23.1 Å². The normalized spacial score (nSPS) is 17.0. The molecule has 1 atom stereocenters. The maximum absolute atomic E-state index is 12.9. The Morgan fingerprint density at radius 3 is 2.69 bits per heavy atom. The van der Waals surface area contributed by atoms with Gasteiger partial charge in [0, 0.05) is 19.3 Å². The molecule has 1 aliphatic heterocycles. The number of aromatic nitrogens is 1. The highest BCUT2D eigenvalue weighted by atomic mass is 32.2. The molecule has 1 aromatic heterocycles. The van der Waals surface area contributed by atoms with Crippen LogP contribution in [0, 0.1) is 5.92 Å². The minimum atomic E-state index is -3.93. The van der Waals surface area contributed by atoms with Crippen molar-refractivity contribution in [3.8, 4) is 5.75 Å². The Bertz CT molecular complexity index is 976. The maximum atomic E-state index is 12.9. The molecule has 0 spiro atoms. The summed E-state index contributed by atoms with van der Waals surface area (Å²) in [7, 11) is -3.93. The van der Waals surface area contributed by atoms with Crippen molar-refractivity contribution in [1.82, 2.24) is 4.98 Å². The number of aromatic carboxylic acids is 1. The molecule has 29 heavy (non-hydrogen) atoms. The average Bonchev–Trinajstić information content (AvgIpc) is 2.68. The Hall–Kier alpha value is -2.81. The van der Waals surface area contributed by atoms with E-state index < -0.39 is 16.0 Å². The molecule has 8 nitrogen and oxygen atoms in total. The van der Waals surface area contributed by atoms with E-state index in [0.29, 0.717) is 24.1 Å². The number of carboxylic acids is 1. The molecule has 0 radical (unpaired) electrons. The minimum Gasteiger partial charge on any atom is -0.494 e. The van der Waals surface area contributed by atoms with E-state index in [0.717, 1.165) is 25.9 Å². The monoisotopic (exact) mass is 419 g/mol. The van der Waals surface area contributed by atoms with Gasteiger partial charge in [0.1, 0.15) is 5.75 Å². The summed E-state index contributed by atoms with van der Waals surface area (Å²) in [5, 5.41) is 9.30. The zero-order valence-electron chi connectivity index (χ0n) is 16.5. The first kappa shape index (κ1) is 20.9. The number of ether oxygens (including phenoxy) is 1. The second-order valence-corrected chi connectivity index (χ2v) is 8.79. The summed E-state index contributed by atoms with van der Waals surface area (Å²) in [5.74, 6) is 0.290. The largest absolute Gasteiger partial charge is 0.494 e. The third-order valence-corrected chi connectivity index (χ3v) is 6.14. The molecule has 2 aromatic rings. The van der Waals surface area contributed by atoms with Crippen LogP contribution in [0.25, 0.3) is 0 Å². The topological polar surface area (TPSA) is 109 Å². The lowest BCUT2D eigenvalue weighted by atomic mass is 10.0. The number of carbonyl (C=O) groups is 1. The second kappa shape index (κ2) is 8.69. The van der Waals surface area contributed by atoms with Gasteiger partial charge < -0.3 is 14.7 Å². The summed E-state index contributed by atoms with van der Waals surface area (Å²) in [6, 6.07) is 7.37. The quantitative estimate of drug-likeness (QED) is 0.709. The van der Waals surface area contributed by atoms with Crippen LogP contribution in [0.2, 0.25) is 0 Å². The molecular formula is C20H25N3O5S. The molecule has 3 rings (SSSR count). The van der Waals surface area contributed by atoms with Gasteiger partial charge in [0.15, 0.2) is 5.82 Å². The summed E-state index contributed by atoms with van der Waals surface area (Å²) in [4.78, 5) is 17.7. The molecule has 1 aromatic carbocycles. The van der Waals surface area contributed by atoms with Crippen LogP contribution >= 0.6 is 0 Å². The van der Waals surface area contributed by atoms with Crippen LogP contribution in [0.5, 0.6) is 5.75 Å². The predicted octanol–water partition coefficient (Wildman–Crippen LogP) is 3.22. The van der Waals surface area contributed by atoms with E-state index in [-0.39, 0.29) is 16.1 Å². The van der Waals surface area contributed by atoms with E-state index in [2.05, 4.69) is 16.6 Å². The molecule has 0 unspecified atom stereocenters. The van der Waals surface area contributed by atoms with Crippen molar-refractivity contribution in [1.29, 1.82) is 0 Å². The zero-order chi connectivity index (χ0) is 21.0. The summed E-state index contributed by atoms with van der Waals surface area (Å²) in [6.07, 6.45) is 3.32. The number of sulfonamides is 1. The third-order valence-electron chi connectivity index (χ3n) is 4.76. The first-order valence-corrected chi connectivity index (χ1v) is 11.0. The minimum absolute atomic E-state index is 0.0552. The summed E-state index contributed by atoms with van der Waals surface area (Å²) >= 11 is 0. The van der Waals surface area contributed by atoms with Crippen LogP contribution in [-0.2, 0) is 10.0 Å². The molecule has 2 N–H and O–H groups in total. The Balaban J connectivity index is 1.94. The fourth-order valence-corrected chi connectivity index (χ4v) is 4.42. The van der Waals surface area contributed by atoms with Crippen molar-refractivity contribution >= 4 is 27.5 Å². The van der Waals surface area contributed by atoms with Crippen LogP contribution in [0.4, 0.5) is 11.5 Å². The molecule has 0 saturated carbocycles. The van der Waals surface area contributed by atoms with E-state index in [1.807, 2.05) is 11.8 Å².